The van der Waals surface area contributed by atoms with Gasteiger partial charge in [0, 0.05) is 19.1 Å². The highest BCUT2D eigenvalue weighted by molar-refractivity contribution is 5.16. The highest BCUT2D eigenvalue weighted by Gasteiger charge is 2.20. The van der Waals surface area contributed by atoms with Gasteiger partial charge in [0.2, 0.25) is 0 Å². The van der Waals surface area contributed by atoms with E-state index in [1.54, 1.807) is 0 Å². The SMILES string of the molecule is CCN(Cc1ccc(F)cc1)C1CCNC1. The third-order valence-electron chi connectivity index (χ3n) is 3.26. The van der Waals surface area contributed by atoms with Crippen LogP contribution in [-0.2, 0) is 6.54 Å². The van der Waals surface area contributed by atoms with Gasteiger partial charge in [-0.3, -0.25) is 4.90 Å². The summed E-state index contributed by atoms with van der Waals surface area (Å²) < 4.78 is 12.8. The van der Waals surface area contributed by atoms with Gasteiger partial charge in [-0.05, 0) is 37.2 Å². The number of nitrogens with zero attached hydrogens (tertiary/aromatic N) is 1. The van der Waals surface area contributed by atoms with E-state index in [1.807, 2.05) is 12.1 Å². The number of rotatable bonds is 4. The van der Waals surface area contributed by atoms with E-state index in [4.69, 9.17) is 0 Å². The molecule has 88 valence electrons. The van der Waals surface area contributed by atoms with Crippen LogP contribution in [0.1, 0.15) is 18.9 Å². The van der Waals surface area contributed by atoms with Crippen LogP contribution >= 0.6 is 0 Å². The molecule has 0 aliphatic carbocycles. The van der Waals surface area contributed by atoms with Gasteiger partial charge in [0.1, 0.15) is 5.82 Å². The van der Waals surface area contributed by atoms with Gasteiger partial charge >= 0.3 is 0 Å². The summed E-state index contributed by atoms with van der Waals surface area (Å²) in [6.45, 7) is 6.34. The van der Waals surface area contributed by atoms with Gasteiger partial charge in [0.25, 0.3) is 0 Å². The molecule has 1 aliphatic heterocycles. The molecule has 1 unspecified atom stereocenters. The molecule has 0 amide bonds. The van der Waals surface area contributed by atoms with E-state index in [0.29, 0.717) is 6.04 Å². The topological polar surface area (TPSA) is 15.3 Å². The van der Waals surface area contributed by atoms with Gasteiger partial charge < -0.3 is 5.32 Å². The standard InChI is InChI=1S/C13H19FN2/c1-2-16(13-7-8-15-9-13)10-11-3-5-12(14)6-4-11/h3-6,13,15H,2,7-10H2,1H3. The Morgan fingerprint density at radius 1 is 1.38 bits per heavy atom. The quantitative estimate of drug-likeness (QED) is 0.838. The molecular weight excluding hydrogens is 203 g/mol. The summed E-state index contributed by atoms with van der Waals surface area (Å²) in [6, 6.07) is 7.46. The molecule has 1 saturated heterocycles. The Morgan fingerprint density at radius 2 is 2.12 bits per heavy atom. The minimum atomic E-state index is -0.158. The highest BCUT2D eigenvalue weighted by atomic mass is 19.1. The molecule has 0 aromatic heterocycles. The lowest BCUT2D eigenvalue weighted by Crippen LogP contribution is -2.36. The van der Waals surface area contributed by atoms with Crippen LogP contribution in [0.3, 0.4) is 0 Å². The van der Waals surface area contributed by atoms with Crippen LogP contribution in [0.15, 0.2) is 24.3 Å². The van der Waals surface area contributed by atoms with Gasteiger partial charge in [-0.2, -0.15) is 0 Å². The summed E-state index contributed by atoms with van der Waals surface area (Å²) >= 11 is 0. The largest absolute Gasteiger partial charge is 0.315 e. The van der Waals surface area contributed by atoms with Crippen LogP contribution in [0.25, 0.3) is 0 Å². The molecule has 1 heterocycles. The summed E-state index contributed by atoms with van der Waals surface area (Å²) in [5, 5.41) is 3.38. The fourth-order valence-electron chi connectivity index (χ4n) is 2.27. The zero-order chi connectivity index (χ0) is 11.4. The number of nitrogens with one attached hydrogen (secondary N) is 1. The average Bonchev–Trinajstić information content (AvgIpc) is 2.82. The van der Waals surface area contributed by atoms with E-state index in [1.165, 1.54) is 24.1 Å². The van der Waals surface area contributed by atoms with Crippen LogP contribution in [0.2, 0.25) is 0 Å². The van der Waals surface area contributed by atoms with Crippen molar-refractivity contribution in [2.45, 2.75) is 25.9 Å². The summed E-state index contributed by atoms with van der Waals surface area (Å²) in [7, 11) is 0. The third-order valence-corrected chi connectivity index (χ3v) is 3.26. The van der Waals surface area contributed by atoms with Crippen molar-refractivity contribution >= 4 is 0 Å². The van der Waals surface area contributed by atoms with Crippen molar-refractivity contribution in [3.63, 3.8) is 0 Å². The van der Waals surface area contributed by atoms with Crippen LogP contribution < -0.4 is 5.32 Å². The maximum Gasteiger partial charge on any atom is 0.123 e. The average molecular weight is 222 g/mol. The van der Waals surface area contributed by atoms with E-state index in [-0.39, 0.29) is 5.82 Å². The Bertz CT molecular complexity index is 317. The zero-order valence-corrected chi connectivity index (χ0v) is 9.75. The summed E-state index contributed by atoms with van der Waals surface area (Å²) in [4.78, 5) is 2.45. The van der Waals surface area contributed by atoms with E-state index in [9.17, 15) is 4.39 Å². The molecule has 0 saturated carbocycles. The molecule has 0 spiro atoms. The first-order valence-corrected chi connectivity index (χ1v) is 5.99. The van der Waals surface area contributed by atoms with E-state index < -0.39 is 0 Å². The highest BCUT2D eigenvalue weighted by Crippen LogP contribution is 2.13. The van der Waals surface area contributed by atoms with Crippen LogP contribution in [-0.4, -0.2) is 30.6 Å². The third kappa shape index (κ3) is 2.80. The Hall–Kier alpha value is -0.930. The van der Waals surface area contributed by atoms with Crippen molar-refractivity contribution in [2.24, 2.45) is 0 Å². The smallest absolute Gasteiger partial charge is 0.123 e. The molecule has 1 aromatic carbocycles. The molecule has 1 fully saturated rings. The monoisotopic (exact) mass is 222 g/mol. The lowest BCUT2D eigenvalue weighted by Gasteiger charge is -2.26. The molecule has 3 heteroatoms. The zero-order valence-electron chi connectivity index (χ0n) is 9.75. The van der Waals surface area contributed by atoms with Crippen molar-refractivity contribution in [3.8, 4) is 0 Å². The molecule has 0 radical (unpaired) electrons. The normalized spacial score (nSPS) is 20.6. The minimum Gasteiger partial charge on any atom is -0.315 e. The van der Waals surface area contributed by atoms with E-state index in [2.05, 4.69) is 17.1 Å². The first-order chi connectivity index (χ1) is 7.79. The second-order valence-corrected chi connectivity index (χ2v) is 4.34. The van der Waals surface area contributed by atoms with Gasteiger partial charge in [0.15, 0.2) is 0 Å². The Morgan fingerprint density at radius 3 is 2.69 bits per heavy atom. The second-order valence-electron chi connectivity index (χ2n) is 4.34. The lowest BCUT2D eigenvalue weighted by atomic mass is 10.1. The van der Waals surface area contributed by atoms with Crippen molar-refractivity contribution < 1.29 is 4.39 Å². The van der Waals surface area contributed by atoms with E-state index >= 15 is 0 Å². The lowest BCUT2D eigenvalue weighted by molar-refractivity contribution is 0.210. The number of halogens is 1. The second kappa shape index (κ2) is 5.41. The molecule has 1 aromatic rings. The molecule has 2 rings (SSSR count). The maximum absolute atomic E-state index is 12.8. The molecule has 1 atom stereocenters. The Kier molecular flexibility index (Phi) is 3.91. The van der Waals surface area contributed by atoms with Crippen molar-refractivity contribution in [3.05, 3.63) is 35.6 Å². The van der Waals surface area contributed by atoms with Gasteiger partial charge in [0.05, 0.1) is 0 Å². The summed E-state index contributed by atoms with van der Waals surface area (Å²) in [5.74, 6) is -0.158. The van der Waals surface area contributed by atoms with Gasteiger partial charge in [-0.1, -0.05) is 19.1 Å². The van der Waals surface area contributed by atoms with Gasteiger partial charge in [-0.15, -0.1) is 0 Å². The molecule has 1 aliphatic rings. The molecular formula is C13H19FN2. The summed E-state index contributed by atoms with van der Waals surface area (Å²) in [6.07, 6.45) is 1.22. The first-order valence-electron chi connectivity index (χ1n) is 5.99. The fourth-order valence-corrected chi connectivity index (χ4v) is 2.27. The van der Waals surface area contributed by atoms with Crippen molar-refractivity contribution in [1.82, 2.24) is 10.2 Å². The number of hydrogen-bond acceptors (Lipinski definition) is 2. The molecule has 16 heavy (non-hydrogen) atoms. The van der Waals surface area contributed by atoms with Crippen LogP contribution in [0.4, 0.5) is 4.39 Å². The predicted molar refractivity (Wildman–Crippen MR) is 63.8 cm³/mol. The van der Waals surface area contributed by atoms with Crippen molar-refractivity contribution in [1.29, 1.82) is 0 Å². The Balaban J connectivity index is 1.97. The van der Waals surface area contributed by atoms with E-state index in [0.717, 1.165) is 26.2 Å². The number of benzene rings is 1. The minimum absolute atomic E-state index is 0.158. The van der Waals surface area contributed by atoms with Gasteiger partial charge in [-0.25, -0.2) is 4.39 Å². The fraction of sp³-hybridized carbons (Fsp3) is 0.538. The predicted octanol–water partition coefficient (Wildman–Crippen LogP) is 2.01. The Labute approximate surface area is 96.5 Å². The first kappa shape index (κ1) is 11.6. The van der Waals surface area contributed by atoms with Crippen molar-refractivity contribution in [2.75, 3.05) is 19.6 Å². The maximum atomic E-state index is 12.8. The summed E-state index contributed by atoms with van der Waals surface area (Å²) in [5.41, 5.74) is 1.19. The molecule has 2 nitrogen and oxygen atoms in total. The van der Waals surface area contributed by atoms with Crippen LogP contribution in [0, 0.1) is 5.82 Å². The molecule has 1 N–H and O–H groups in total. The number of hydrogen-bond donors (Lipinski definition) is 1. The molecule has 0 bridgehead atoms. The number of likely N-dealkylation sites (N-methyl/N-ethyl adjacent to an activating group) is 1. The van der Waals surface area contributed by atoms with Crippen LogP contribution in [0.5, 0.6) is 0 Å².